The lowest BCUT2D eigenvalue weighted by molar-refractivity contribution is -0.119. The molecule has 4 atom stereocenters. The summed E-state index contributed by atoms with van der Waals surface area (Å²) in [6, 6.07) is 6.40. The monoisotopic (exact) mass is 560 g/mol. The smallest absolute Gasteiger partial charge is 0.318 e. The van der Waals surface area contributed by atoms with Gasteiger partial charge in [0.2, 0.25) is 5.91 Å². The molecule has 0 radical (unpaired) electrons. The SMILES string of the molecule is CC1CCC2(Cc3nc(OCC45CCCN4CC(F)C5)nc(N4CCCCC4=O)c3CO2)c2c1ccc(N)c2C#N. The number of carbonyl (C=O) groups is 1. The van der Waals surface area contributed by atoms with Gasteiger partial charge in [-0.1, -0.05) is 13.0 Å². The van der Waals surface area contributed by atoms with Crippen LogP contribution in [-0.4, -0.2) is 58.7 Å². The van der Waals surface area contributed by atoms with Crippen molar-refractivity contribution in [1.29, 1.82) is 5.26 Å². The van der Waals surface area contributed by atoms with Gasteiger partial charge in [0, 0.05) is 49.2 Å². The summed E-state index contributed by atoms with van der Waals surface area (Å²) in [6.45, 7) is 4.63. The highest BCUT2D eigenvalue weighted by molar-refractivity contribution is 5.94. The lowest BCUT2D eigenvalue weighted by atomic mass is 9.69. The van der Waals surface area contributed by atoms with Crippen molar-refractivity contribution in [3.05, 3.63) is 40.1 Å². The summed E-state index contributed by atoms with van der Waals surface area (Å²) in [4.78, 5) is 26.7. The molecule has 4 unspecified atom stereocenters. The highest BCUT2D eigenvalue weighted by Crippen LogP contribution is 2.51. The summed E-state index contributed by atoms with van der Waals surface area (Å²) >= 11 is 0. The second-order valence-electron chi connectivity index (χ2n) is 12.6. The molecule has 216 valence electrons. The van der Waals surface area contributed by atoms with Crippen molar-refractivity contribution in [3.8, 4) is 12.1 Å². The van der Waals surface area contributed by atoms with Gasteiger partial charge in [-0.05, 0) is 62.6 Å². The van der Waals surface area contributed by atoms with Crippen molar-refractivity contribution < 1.29 is 18.7 Å². The third kappa shape index (κ3) is 4.28. The number of fused-ring (bicyclic) bond motifs is 4. The third-order valence-corrected chi connectivity index (χ3v) is 10.2. The maximum Gasteiger partial charge on any atom is 0.318 e. The molecular formula is C31H37FN6O3. The van der Waals surface area contributed by atoms with Gasteiger partial charge in [0.15, 0.2) is 0 Å². The Morgan fingerprint density at radius 1 is 1.24 bits per heavy atom. The number of nitrogen functional groups attached to an aromatic ring is 1. The van der Waals surface area contributed by atoms with Gasteiger partial charge in [-0.3, -0.25) is 14.6 Å². The number of rotatable bonds is 4. The Labute approximate surface area is 239 Å². The summed E-state index contributed by atoms with van der Waals surface area (Å²) in [7, 11) is 0. The van der Waals surface area contributed by atoms with Crippen LogP contribution in [0.4, 0.5) is 15.9 Å². The fraction of sp³-hybridized carbons (Fsp3) is 0.613. The molecule has 3 fully saturated rings. The molecule has 2 N–H and O–H groups in total. The normalized spacial score (nSPS) is 31.0. The third-order valence-electron chi connectivity index (χ3n) is 10.2. The summed E-state index contributed by atoms with van der Waals surface area (Å²) in [5.74, 6) is 0.868. The van der Waals surface area contributed by atoms with Gasteiger partial charge >= 0.3 is 6.01 Å². The highest BCUT2D eigenvalue weighted by atomic mass is 19.1. The first kappa shape index (κ1) is 26.6. The van der Waals surface area contributed by atoms with Crippen molar-refractivity contribution in [1.82, 2.24) is 14.9 Å². The zero-order valence-corrected chi connectivity index (χ0v) is 23.6. The minimum absolute atomic E-state index is 0.0383. The van der Waals surface area contributed by atoms with E-state index in [2.05, 4.69) is 17.9 Å². The van der Waals surface area contributed by atoms with Gasteiger partial charge < -0.3 is 15.2 Å². The lowest BCUT2D eigenvalue weighted by Crippen LogP contribution is -2.44. The second-order valence-corrected chi connectivity index (χ2v) is 12.6. The topological polar surface area (TPSA) is 118 Å². The molecule has 4 aliphatic heterocycles. The van der Waals surface area contributed by atoms with Crippen LogP contribution >= 0.6 is 0 Å². The number of benzene rings is 1. The van der Waals surface area contributed by atoms with Crippen LogP contribution < -0.4 is 15.4 Å². The first-order valence-corrected chi connectivity index (χ1v) is 15.0. The first-order valence-electron chi connectivity index (χ1n) is 15.0. The van der Waals surface area contributed by atoms with Gasteiger partial charge in [-0.25, -0.2) is 4.39 Å². The molecule has 2 aromatic rings. The molecule has 5 aliphatic rings. The molecule has 1 aromatic heterocycles. The van der Waals surface area contributed by atoms with Crippen LogP contribution in [0.3, 0.4) is 0 Å². The number of ether oxygens (including phenoxy) is 2. The highest BCUT2D eigenvalue weighted by Gasteiger charge is 2.50. The van der Waals surface area contributed by atoms with Crippen LogP contribution in [0.25, 0.3) is 0 Å². The van der Waals surface area contributed by atoms with Crippen molar-refractivity contribution in [2.45, 2.75) is 94.5 Å². The molecule has 41 heavy (non-hydrogen) atoms. The summed E-state index contributed by atoms with van der Waals surface area (Å²) in [5.41, 5.74) is 9.65. The van der Waals surface area contributed by atoms with E-state index in [1.807, 2.05) is 12.1 Å². The van der Waals surface area contributed by atoms with Gasteiger partial charge in [0.25, 0.3) is 0 Å². The van der Waals surface area contributed by atoms with E-state index in [1.54, 1.807) is 4.90 Å². The van der Waals surface area contributed by atoms with Crippen LogP contribution in [0.1, 0.15) is 92.2 Å². The Kier molecular flexibility index (Phi) is 6.43. The summed E-state index contributed by atoms with van der Waals surface area (Å²) in [6.07, 6.45) is 5.83. The van der Waals surface area contributed by atoms with E-state index >= 15 is 0 Å². The molecule has 7 rings (SSSR count). The van der Waals surface area contributed by atoms with E-state index in [1.165, 1.54) is 0 Å². The number of nitrogens with two attached hydrogens (primary N) is 1. The molecule has 9 nitrogen and oxygen atoms in total. The fourth-order valence-corrected chi connectivity index (χ4v) is 7.99. The number of nitrogens with zero attached hydrogens (tertiary/aromatic N) is 5. The zero-order valence-electron chi connectivity index (χ0n) is 23.6. The Morgan fingerprint density at radius 2 is 2.12 bits per heavy atom. The average Bonchev–Trinajstić information content (AvgIpc) is 3.49. The van der Waals surface area contributed by atoms with Crippen molar-refractivity contribution in [3.63, 3.8) is 0 Å². The number of alkyl halides is 1. The van der Waals surface area contributed by atoms with E-state index in [0.29, 0.717) is 56.0 Å². The summed E-state index contributed by atoms with van der Waals surface area (Å²) in [5, 5.41) is 10.1. The van der Waals surface area contributed by atoms with Crippen LogP contribution in [0.5, 0.6) is 6.01 Å². The van der Waals surface area contributed by atoms with Crippen molar-refractivity contribution in [2.24, 2.45) is 0 Å². The molecule has 1 amide bonds. The first-order chi connectivity index (χ1) is 19.8. The number of amides is 1. The van der Waals surface area contributed by atoms with Crippen molar-refractivity contribution >= 4 is 17.4 Å². The van der Waals surface area contributed by atoms with Crippen LogP contribution in [0, 0.1) is 11.3 Å². The van der Waals surface area contributed by atoms with Gasteiger partial charge in [-0.2, -0.15) is 15.2 Å². The van der Waals surface area contributed by atoms with Crippen LogP contribution in [0.15, 0.2) is 12.1 Å². The van der Waals surface area contributed by atoms with Crippen LogP contribution in [-0.2, 0) is 28.2 Å². The molecule has 1 spiro atoms. The molecule has 0 saturated carbocycles. The number of carbonyl (C=O) groups excluding carboxylic acids is 1. The molecule has 1 aliphatic carbocycles. The summed E-state index contributed by atoms with van der Waals surface area (Å²) < 4.78 is 27.4. The second kappa shape index (κ2) is 9.92. The average molecular weight is 561 g/mol. The lowest BCUT2D eigenvalue weighted by Gasteiger charge is -2.45. The Bertz CT molecular complexity index is 1440. The van der Waals surface area contributed by atoms with Gasteiger partial charge in [-0.15, -0.1) is 0 Å². The molecule has 10 heteroatoms. The minimum Gasteiger partial charge on any atom is -0.461 e. The Morgan fingerprint density at radius 3 is 2.95 bits per heavy atom. The number of anilines is 2. The molecule has 1 aromatic carbocycles. The van der Waals surface area contributed by atoms with Crippen LogP contribution in [0.2, 0.25) is 0 Å². The predicted molar refractivity (Wildman–Crippen MR) is 150 cm³/mol. The quantitative estimate of drug-likeness (QED) is 0.551. The van der Waals surface area contributed by atoms with Gasteiger partial charge in [0.05, 0.1) is 23.4 Å². The van der Waals surface area contributed by atoms with Crippen molar-refractivity contribution in [2.75, 3.05) is 36.9 Å². The molecule has 5 heterocycles. The van der Waals surface area contributed by atoms with E-state index in [9.17, 15) is 14.4 Å². The molecule has 3 saturated heterocycles. The Hall–Kier alpha value is -3.29. The number of nitriles is 1. The molecular weight excluding hydrogens is 523 g/mol. The van der Waals surface area contributed by atoms with E-state index in [0.717, 1.165) is 67.5 Å². The van der Waals surface area contributed by atoms with E-state index in [-0.39, 0.29) is 30.0 Å². The number of hydrogen-bond donors (Lipinski definition) is 1. The zero-order chi connectivity index (χ0) is 28.4. The largest absolute Gasteiger partial charge is 0.461 e. The minimum atomic E-state index is -0.850. The van der Waals surface area contributed by atoms with Gasteiger partial charge in [0.1, 0.15) is 30.3 Å². The predicted octanol–water partition coefficient (Wildman–Crippen LogP) is 4.27. The standard InChI is InChI=1S/C31H37FN6O3/c1-19-8-10-31(27-21(19)6-7-24(34)22(27)15-33)14-25-23(17-41-31)28(38-12-3-2-5-26(38)39)36-29(35-25)40-18-30-9-4-11-37(30)16-20(32)13-30/h6-7,19-20H,2-5,8-14,16-18,34H2,1H3. The van der Waals surface area contributed by atoms with E-state index < -0.39 is 11.8 Å². The number of piperidine rings is 1. The fourth-order valence-electron chi connectivity index (χ4n) is 7.99. The maximum atomic E-state index is 14.4. The maximum absolute atomic E-state index is 14.4. The number of aromatic nitrogens is 2. The Balaban J connectivity index is 1.29. The number of halogens is 1. The number of hydrogen-bond acceptors (Lipinski definition) is 8. The van der Waals surface area contributed by atoms with E-state index in [4.69, 9.17) is 25.2 Å². The molecule has 0 bridgehead atoms.